The molecule has 3 aliphatic rings. The number of hydrogen-bond acceptors (Lipinski definition) is 3. The highest BCUT2D eigenvalue weighted by Gasteiger charge is 2.39. The molecule has 3 heteroatoms. The molecule has 3 aliphatic heterocycles. The molecule has 0 radical (unpaired) electrons. The van der Waals surface area contributed by atoms with Gasteiger partial charge in [0.25, 0.3) is 0 Å². The Morgan fingerprint density at radius 1 is 1.00 bits per heavy atom. The molecule has 3 nitrogen and oxygen atoms in total. The standard InChI is InChI=1S/C18H35N3/c1-3-19-16-13-17-8-9-18(14-16)21(17)12-6-11-20-10-5-4-7-15(20)2/h15-19H,3-14H2,1-2H3. The van der Waals surface area contributed by atoms with Gasteiger partial charge in [-0.15, -0.1) is 0 Å². The Morgan fingerprint density at radius 3 is 2.43 bits per heavy atom. The summed E-state index contributed by atoms with van der Waals surface area (Å²) in [6, 6.07) is 3.39. The zero-order valence-electron chi connectivity index (χ0n) is 14.2. The summed E-state index contributed by atoms with van der Waals surface area (Å²) in [6.07, 6.45) is 11.3. The highest BCUT2D eigenvalue weighted by molar-refractivity contribution is 4.97. The van der Waals surface area contributed by atoms with Gasteiger partial charge < -0.3 is 10.2 Å². The summed E-state index contributed by atoms with van der Waals surface area (Å²) in [5, 5.41) is 3.68. The van der Waals surface area contributed by atoms with Gasteiger partial charge in [-0.2, -0.15) is 0 Å². The van der Waals surface area contributed by atoms with Gasteiger partial charge in [-0.1, -0.05) is 13.3 Å². The van der Waals surface area contributed by atoms with Crippen LogP contribution in [0.1, 0.15) is 65.2 Å². The van der Waals surface area contributed by atoms with Crippen molar-refractivity contribution in [3.8, 4) is 0 Å². The van der Waals surface area contributed by atoms with Gasteiger partial charge in [-0.25, -0.2) is 0 Å². The van der Waals surface area contributed by atoms with Crippen LogP contribution in [0.5, 0.6) is 0 Å². The van der Waals surface area contributed by atoms with Crippen LogP contribution in [-0.4, -0.2) is 60.1 Å². The average molecular weight is 293 g/mol. The third kappa shape index (κ3) is 3.80. The largest absolute Gasteiger partial charge is 0.314 e. The fourth-order valence-corrected chi connectivity index (χ4v) is 5.04. The molecule has 0 spiro atoms. The van der Waals surface area contributed by atoms with Gasteiger partial charge >= 0.3 is 0 Å². The second-order valence-electron chi connectivity index (χ2n) is 7.58. The number of likely N-dealkylation sites (tertiary alicyclic amines) is 1. The first-order valence-corrected chi connectivity index (χ1v) is 9.51. The van der Waals surface area contributed by atoms with Crippen molar-refractivity contribution < 1.29 is 0 Å². The van der Waals surface area contributed by atoms with Crippen molar-refractivity contribution in [2.24, 2.45) is 0 Å². The van der Waals surface area contributed by atoms with Gasteiger partial charge in [-0.3, -0.25) is 4.90 Å². The number of piperidine rings is 2. The SMILES string of the molecule is CCNC1CC2CCC(C1)N2CCCN1CCCCC1C. The number of rotatable bonds is 6. The quantitative estimate of drug-likeness (QED) is 0.812. The molecule has 3 atom stereocenters. The van der Waals surface area contributed by atoms with Crippen molar-refractivity contribution in [3.63, 3.8) is 0 Å². The van der Waals surface area contributed by atoms with E-state index < -0.39 is 0 Å². The highest BCUT2D eigenvalue weighted by Crippen LogP contribution is 2.35. The molecular formula is C18H35N3. The predicted molar refractivity (Wildman–Crippen MR) is 89.7 cm³/mol. The van der Waals surface area contributed by atoms with Crippen LogP contribution < -0.4 is 5.32 Å². The zero-order valence-corrected chi connectivity index (χ0v) is 14.2. The van der Waals surface area contributed by atoms with Crippen molar-refractivity contribution in [2.45, 2.75) is 89.4 Å². The maximum absolute atomic E-state index is 3.68. The molecule has 0 aromatic rings. The highest BCUT2D eigenvalue weighted by atomic mass is 15.2. The van der Waals surface area contributed by atoms with E-state index >= 15 is 0 Å². The summed E-state index contributed by atoms with van der Waals surface area (Å²) in [4.78, 5) is 5.60. The van der Waals surface area contributed by atoms with E-state index in [1.165, 1.54) is 71.0 Å². The molecule has 0 aromatic heterocycles. The maximum atomic E-state index is 3.68. The summed E-state index contributed by atoms with van der Waals surface area (Å²) in [5.41, 5.74) is 0. The van der Waals surface area contributed by atoms with Crippen molar-refractivity contribution >= 4 is 0 Å². The molecule has 3 heterocycles. The Kier molecular flexibility index (Phi) is 5.58. The molecule has 2 bridgehead atoms. The second kappa shape index (κ2) is 7.43. The molecule has 21 heavy (non-hydrogen) atoms. The van der Waals surface area contributed by atoms with E-state index in [4.69, 9.17) is 0 Å². The average Bonchev–Trinajstić information content (AvgIpc) is 2.71. The molecule has 122 valence electrons. The van der Waals surface area contributed by atoms with E-state index in [1.54, 1.807) is 0 Å². The summed E-state index contributed by atoms with van der Waals surface area (Å²) < 4.78 is 0. The van der Waals surface area contributed by atoms with Crippen LogP contribution in [0.25, 0.3) is 0 Å². The van der Waals surface area contributed by atoms with Gasteiger partial charge in [0.15, 0.2) is 0 Å². The minimum Gasteiger partial charge on any atom is -0.314 e. The second-order valence-corrected chi connectivity index (χ2v) is 7.58. The fraction of sp³-hybridized carbons (Fsp3) is 1.00. The Labute approximate surface area is 131 Å². The minimum atomic E-state index is 0.797. The van der Waals surface area contributed by atoms with Crippen molar-refractivity contribution in [3.05, 3.63) is 0 Å². The Hall–Kier alpha value is -0.120. The third-order valence-corrected chi connectivity index (χ3v) is 6.18. The third-order valence-electron chi connectivity index (χ3n) is 6.18. The number of nitrogens with one attached hydrogen (secondary N) is 1. The fourth-order valence-electron chi connectivity index (χ4n) is 5.04. The van der Waals surface area contributed by atoms with Crippen LogP contribution in [0.4, 0.5) is 0 Å². The Bertz CT molecular complexity index is 306. The monoisotopic (exact) mass is 293 g/mol. The van der Waals surface area contributed by atoms with Crippen LogP contribution in [0.2, 0.25) is 0 Å². The van der Waals surface area contributed by atoms with E-state index in [1.807, 2.05) is 0 Å². The summed E-state index contributed by atoms with van der Waals surface area (Å²) in [5.74, 6) is 0. The lowest BCUT2D eigenvalue weighted by atomic mass is 9.97. The van der Waals surface area contributed by atoms with E-state index in [0.29, 0.717) is 0 Å². The summed E-state index contributed by atoms with van der Waals surface area (Å²) >= 11 is 0. The molecule has 0 saturated carbocycles. The van der Waals surface area contributed by atoms with Gasteiger partial charge in [0.1, 0.15) is 0 Å². The first kappa shape index (κ1) is 15.8. The minimum absolute atomic E-state index is 0.797. The lowest BCUT2D eigenvalue weighted by Crippen LogP contribution is -2.49. The number of fused-ring (bicyclic) bond motifs is 2. The van der Waals surface area contributed by atoms with Gasteiger partial charge in [0.2, 0.25) is 0 Å². The topological polar surface area (TPSA) is 18.5 Å². The zero-order chi connectivity index (χ0) is 14.7. The molecule has 0 aromatic carbocycles. The first-order chi connectivity index (χ1) is 10.3. The molecule has 0 amide bonds. The predicted octanol–water partition coefficient (Wildman–Crippen LogP) is 2.86. The van der Waals surface area contributed by atoms with E-state index in [9.17, 15) is 0 Å². The summed E-state index contributed by atoms with van der Waals surface area (Å²) in [7, 11) is 0. The van der Waals surface area contributed by atoms with Gasteiger partial charge in [0.05, 0.1) is 0 Å². The number of hydrogen-bond donors (Lipinski definition) is 1. The molecule has 1 N–H and O–H groups in total. The van der Waals surface area contributed by atoms with Crippen LogP contribution in [0.15, 0.2) is 0 Å². The summed E-state index contributed by atoms with van der Waals surface area (Å²) in [6.45, 7) is 9.82. The molecular weight excluding hydrogens is 258 g/mol. The normalized spacial score (nSPS) is 38.0. The van der Waals surface area contributed by atoms with E-state index in [0.717, 1.165) is 30.7 Å². The van der Waals surface area contributed by atoms with Crippen LogP contribution in [0.3, 0.4) is 0 Å². The van der Waals surface area contributed by atoms with Crippen molar-refractivity contribution in [2.75, 3.05) is 26.2 Å². The van der Waals surface area contributed by atoms with Crippen LogP contribution >= 0.6 is 0 Å². The van der Waals surface area contributed by atoms with Crippen molar-refractivity contribution in [1.29, 1.82) is 0 Å². The van der Waals surface area contributed by atoms with E-state index in [-0.39, 0.29) is 0 Å². The molecule has 3 unspecified atom stereocenters. The first-order valence-electron chi connectivity index (χ1n) is 9.51. The Balaban J connectivity index is 1.42. The van der Waals surface area contributed by atoms with Crippen molar-refractivity contribution in [1.82, 2.24) is 15.1 Å². The van der Waals surface area contributed by atoms with Gasteiger partial charge in [0, 0.05) is 24.2 Å². The maximum Gasteiger partial charge on any atom is 0.0114 e. The molecule has 3 fully saturated rings. The van der Waals surface area contributed by atoms with Crippen LogP contribution in [0, 0.1) is 0 Å². The number of nitrogens with zero attached hydrogens (tertiary/aromatic N) is 2. The lowest BCUT2D eigenvalue weighted by Gasteiger charge is -2.40. The van der Waals surface area contributed by atoms with E-state index in [2.05, 4.69) is 29.0 Å². The lowest BCUT2D eigenvalue weighted by molar-refractivity contribution is 0.101. The Morgan fingerprint density at radius 2 is 1.76 bits per heavy atom. The van der Waals surface area contributed by atoms with Gasteiger partial charge in [-0.05, 0) is 78.0 Å². The smallest absolute Gasteiger partial charge is 0.0114 e. The van der Waals surface area contributed by atoms with Crippen LogP contribution in [-0.2, 0) is 0 Å². The molecule has 0 aliphatic carbocycles. The molecule has 3 rings (SSSR count). The molecule has 3 saturated heterocycles.